The Morgan fingerprint density at radius 3 is 2.28 bits per heavy atom. The molecule has 1 aliphatic carbocycles. The molecule has 1 atom stereocenters. The zero-order valence-electron chi connectivity index (χ0n) is 27.4. The first-order chi connectivity index (χ1) is 21.5. The van der Waals surface area contributed by atoms with Crippen LogP contribution in [0.15, 0.2) is 127 Å². The third-order valence-corrected chi connectivity index (χ3v) is 7.96. The van der Waals surface area contributed by atoms with Crippen LogP contribution in [-0.4, -0.2) is 0 Å². The van der Waals surface area contributed by atoms with E-state index in [1.54, 1.807) is 18.2 Å². The summed E-state index contributed by atoms with van der Waals surface area (Å²) < 4.78 is 42.9. The zero-order chi connectivity index (χ0) is 33.9. The van der Waals surface area contributed by atoms with Gasteiger partial charge in [0.25, 0.3) is 0 Å². The summed E-state index contributed by atoms with van der Waals surface area (Å²) in [6.07, 6.45) is 5.83. The van der Waals surface area contributed by atoms with E-state index in [1.165, 1.54) is 6.07 Å². The number of anilines is 1. The van der Waals surface area contributed by atoms with E-state index in [9.17, 15) is 18.4 Å². The van der Waals surface area contributed by atoms with Gasteiger partial charge in [-0.25, -0.2) is 0 Å². The zero-order valence-corrected chi connectivity index (χ0v) is 27.4. The van der Waals surface area contributed by atoms with E-state index in [-0.39, 0.29) is 5.41 Å². The van der Waals surface area contributed by atoms with E-state index in [4.69, 9.17) is 0 Å². The number of nitriles is 1. The van der Waals surface area contributed by atoms with Crippen LogP contribution in [0.2, 0.25) is 0 Å². The Morgan fingerprint density at radius 2 is 1.67 bits per heavy atom. The summed E-state index contributed by atoms with van der Waals surface area (Å²) in [5.41, 5.74) is 6.39. The normalized spacial score (nSPS) is 18.4. The van der Waals surface area contributed by atoms with Crippen molar-refractivity contribution in [2.45, 2.75) is 59.6 Å². The lowest BCUT2D eigenvalue weighted by Crippen LogP contribution is -2.20. The van der Waals surface area contributed by atoms with Crippen molar-refractivity contribution in [1.82, 2.24) is 0 Å². The lowest BCUT2D eigenvalue weighted by Gasteiger charge is -2.30. The van der Waals surface area contributed by atoms with Crippen molar-refractivity contribution in [2.24, 2.45) is 5.41 Å². The van der Waals surface area contributed by atoms with Crippen LogP contribution in [0.3, 0.4) is 0 Å². The fraction of sp³-hybridized carbons (Fsp3) is 0.244. The van der Waals surface area contributed by atoms with Crippen LogP contribution in [0.5, 0.6) is 0 Å². The first-order valence-corrected chi connectivity index (χ1v) is 15.2. The summed E-state index contributed by atoms with van der Waals surface area (Å²) in [6.45, 7) is 20.5. The Balaban J connectivity index is 1.96. The maximum atomic E-state index is 14.3. The van der Waals surface area contributed by atoms with Crippen molar-refractivity contribution >= 4 is 16.8 Å². The Labute approximate surface area is 271 Å². The van der Waals surface area contributed by atoms with Gasteiger partial charge in [-0.1, -0.05) is 107 Å². The Bertz CT molecular complexity index is 1820. The monoisotopic (exact) mass is 618 g/mol. The van der Waals surface area contributed by atoms with Crippen molar-refractivity contribution in [3.63, 3.8) is 0 Å². The third-order valence-electron chi connectivity index (χ3n) is 7.96. The molecule has 236 valence electrons. The number of hydrogen-bond donors (Lipinski definition) is 1. The summed E-state index contributed by atoms with van der Waals surface area (Å²) in [7, 11) is 0. The van der Waals surface area contributed by atoms with Crippen molar-refractivity contribution in [1.29, 1.82) is 5.26 Å². The topological polar surface area (TPSA) is 35.8 Å². The van der Waals surface area contributed by atoms with Crippen LogP contribution in [0.25, 0.3) is 11.1 Å². The van der Waals surface area contributed by atoms with E-state index < -0.39 is 17.2 Å². The van der Waals surface area contributed by atoms with Crippen LogP contribution in [-0.2, 0) is 11.6 Å². The predicted octanol–water partition coefficient (Wildman–Crippen LogP) is 11.7. The van der Waals surface area contributed by atoms with Crippen LogP contribution in [0, 0.1) is 23.7 Å². The van der Waals surface area contributed by atoms with E-state index in [0.29, 0.717) is 34.5 Å². The van der Waals surface area contributed by atoms with Gasteiger partial charge >= 0.3 is 6.18 Å². The molecule has 0 aromatic heterocycles. The average molecular weight is 619 g/mol. The minimum absolute atomic E-state index is 0.112. The molecule has 2 nitrogen and oxygen atoms in total. The van der Waals surface area contributed by atoms with E-state index in [2.05, 4.69) is 61.8 Å². The maximum Gasteiger partial charge on any atom is 0.416 e. The molecule has 0 heterocycles. The lowest BCUT2D eigenvalue weighted by atomic mass is 9.73. The molecule has 5 heteroatoms. The third kappa shape index (κ3) is 8.46. The highest BCUT2D eigenvalue weighted by Crippen LogP contribution is 2.42. The second kappa shape index (κ2) is 13.3. The summed E-state index contributed by atoms with van der Waals surface area (Å²) in [4.78, 5) is 0. The molecule has 3 aromatic rings. The Hall–Kier alpha value is -4.82. The summed E-state index contributed by atoms with van der Waals surface area (Å²) in [5.74, 6) is 0. The smallest absolute Gasteiger partial charge is 0.356 e. The van der Waals surface area contributed by atoms with Crippen molar-refractivity contribution < 1.29 is 13.2 Å². The molecule has 0 aliphatic heterocycles. The number of benzene rings is 3. The number of aryl methyl sites for hydroxylation is 1. The molecule has 0 saturated heterocycles. The first kappa shape index (κ1) is 34.1. The molecule has 1 aliphatic rings. The van der Waals surface area contributed by atoms with Gasteiger partial charge in [0.05, 0.1) is 17.2 Å². The summed E-state index contributed by atoms with van der Waals surface area (Å²) in [5, 5.41) is 12.7. The van der Waals surface area contributed by atoms with Gasteiger partial charge in [-0.3, -0.25) is 0 Å². The molecule has 0 radical (unpaired) electrons. The SMILES string of the molecule is C=C(/C=C\C(C)(C)C)Nc1cc(C2=CCC(C)(c3ccc(C)cc3)/C=C(/c3cccc(C#N)c3)C(C(=C)C)=C2)cc(C(F)(F)F)c1. The number of hydrogen-bond acceptors (Lipinski definition) is 2. The number of nitrogens with zero attached hydrogens (tertiary/aromatic N) is 1. The van der Waals surface area contributed by atoms with Crippen LogP contribution in [0.1, 0.15) is 74.4 Å². The molecule has 0 spiro atoms. The highest BCUT2D eigenvalue weighted by atomic mass is 19.4. The maximum absolute atomic E-state index is 14.3. The number of halogens is 3. The predicted molar refractivity (Wildman–Crippen MR) is 186 cm³/mol. The highest BCUT2D eigenvalue weighted by Gasteiger charge is 2.32. The Morgan fingerprint density at radius 1 is 0.978 bits per heavy atom. The molecule has 1 unspecified atom stereocenters. The van der Waals surface area contributed by atoms with E-state index in [1.807, 2.05) is 71.0 Å². The van der Waals surface area contributed by atoms with Gasteiger partial charge in [-0.15, -0.1) is 0 Å². The van der Waals surface area contributed by atoms with Gasteiger partial charge < -0.3 is 5.32 Å². The molecule has 0 amide bonds. The minimum Gasteiger partial charge on any atom is -0.356 e. The molecule has 46 heavy (non-hydrogen) atoms. The molecule has 0 saturated carbocycles. The first-order valence-electron chi connectivity index (χ1n) is 15.2. The summed E-state index contributed by atoms with van der Waals surface area (Å²) in [6, 6.07) is 22.0. The molecule has 1 N–H and O–H groups in total. The molecular weight excluding hydrogens is 577 g/mol. The van der Waals surface area contributed by atoms with Crippen molar-refractivity contribution in [2.75, 3.05) is 5.32 Å². The average Bonchev–Trinajstić information content (AvgIpc) is 2.97. The largest absolute Gasteiger partial charge is 0.416 e. The number of allylic oxidation sites excluding steroid dienone is 9. The van der Waals surface area contributed by atoms with Gasteiger partial charge in [-0.2, -0.15) is 18.4 Å². The number of rotatable bonds is 7. The second-order valence-electron chi connectivity index (χ2n) is 13.4. The van der Waals surface area contributed by atoms with Crippen molar-refractivity contribution in [3.05, 3.63) is 160 Å². The standard InChI is InChI=1S/C41H41F3N2/c1-27(2)37-23-31(33-21-35(41(42,43)44)24-36(22-33)46-29(4)16-18-39(5,6)7)17-19-40(8,34-14-12-28(3)13-15-34)25-38(37)32-11-9-10-30(20-32)26-45/h9-18,20-25,46H,1,4,19H2,2-3,5-8H3/b18-16-,31-17?,37-23?,38-25-. The second-order valence-corrected chi connectivity index (χ2v) is 13.4. The highest BCUT2D eigenvalue weighted by molar-refractivity contribution is 5.91. The van der Waals surface area contributed by atoms with Crippen LogP contribution in [0.4, 0.5) is 18.9 Å². The van der Waals surface area contributed by atoms with Gasteiger partial charge in [0.1, 0.15) is 0 Å². The molecule has 0 bridgehead atoms. The molecular formula is C41H41F3N2. The summed E-state index contributed by atoms with van der Waals surface area (Å²) >= 11 is 0. The van der Waals surface area contributed by atoms with Crippen molar-refractivity contribution in [3.8, 4) is 6.07 Å². The Kier molecular flexibility index (Phi) is 9.82. The quantitative estimate of drug-likeness (QED) is 0.267. The van der Waals surface area contributed by atoms with Gasteiger partial charge in [0, 0.05) is 16.8 Å². The van der Waals surface area contributed by atoms with Gasteiger partial charge in [0.2, 0.25) is 0 Å². The van der Waals surface area contributed by atoms with E-state index >= 15 is 0 Å². The lowest BCUT2D eigenvalue weighted by molar-refractivity contribution is -0.137. The van der Waals surface area contributed by atoms with Crippen LogP contribution >= 0.6 is 0 Å². The fourth-order valence-electron chi connectivity index (χ4n) is 5.36. The fourth-order valence-corrected chi connectivity index (χ4v) is 5.36. The van der Waals surface area contributed by atoms with Crippen LogP contribution < -0.4 is 5.32 Å². The van der Waals surface area contributed by atoms with E-state index in [0.717, 1.165) is 39.5 Å². The number of nitrogens with one attached hydrogen (secondary N) is 1. The minimum atomic E-state index is -4.56. The molecule has 4 rings (SSSR count). The molecule has 0 fully saturated rings. The molecule has 3 aromatic carbocycles. The number of alkyl halides is 3. The van der Waals surface area contributed by atoms with Gasteiger partial charge in [-0.05, 0) is 102 Å². The van der Waals surface area contributed by atoms with Gasteiger partial charge in [0.15, 0.2) is 0 Å².